The van der Waals surface area contributed by atoms with Gasteiger partial charge < -0.3 is 5.11 Å². The molecule has 3 nitrogen and oxygen atoms in total. The van der Waals surface area contributed by atoms with Gasteiger partial charge in [-0.15, -0.1) is 11.8 Å². The Balaban J connectivity index is 1.92. The van der Waals surface area contributed by atoms with Gasteiger partial charge in [-0.2, -0.15) is 0 Å². The average Bonchev–Trinajstić information content (AvgIpc) is 2.57. The zero-order chi connectivity index (χ0) is 14.1. The highest BCUT2D eigenvalue weighted by atomic mass is 32.2. The third-order valence-corrected chi connectivity index (χ3v) is 5.61. The highest BCUT2D eigenvalue weighted by molar-refractivity contribution is 7.99. The van der Waals surface area contributed by atoms with E-state index in [1.807, 2.05) is 12.1 Å². The molecular weight excluding hydrogens is 272 g/mol. The van der Waals surface area contributed by atoms with Crippen molar-refractivity contribution in [1.29, 1.82) is 0 Å². The zero-order valence-electron chi connectivity index (χ0n) is 11.3. The van der Waals surface area contributed by atoms with Crippen molar-refractivity contribution in [2.75, 3.05) is 5.75 Å². The largest absolute Gasteiger partial charge is 0.481 e. The van der Waals surface area contributed by atoms with E-state index in [0.717, 1.165) is 41.0 Å². The van der Waals surface area contributed by atoms with Gasteiger partial charge in [-0.1, -0.05) is 18.9 Å². The summed E-state index contributed by atoms with van der Waals surface area (Å²) in [7, 11) is 0. The van der Waals surface area contributed by atoms with Crippen LogP contribution in [0, 0.1) is 11.8 Å². The number of ketones is 1. The minimum atomic E-state index is -0.830. The van der Waals surface area contributed by atoms with Gasteiger partial charge >= 0.3 is 5.97 Å². The van der Waals surface area contributed by atoms with Crippen molar-refractivity contribution >= 4 is 23.5 Å². The lowest BCUT2D eigenvalue weighted by atomic mass is 9.76. The first-order valence-corrected chi connectivity index (χ1v) is 8.15. The molecule has 20 heavy (non-hydrogen) atoms. The quantitative estimate of drug-likeness (QED) is 0.907. The molecular formula is C16H18O3S. The minimum absolute atomic E-state index is 0.0227. The third-order valence-electron chi connectivity index (χ3n) is 4.37. The Morgan fingerprint density at radius 3 is 2.90 bits per heavy atom. The maximum absolute atomic E-state index is 12.7. The van der Waals surface area contributed by atoms with Gasteiger partial charge in [-0.05, 0) is 36.5 Å². The Morgan fingerprint density at radius 1 is 1.30 bits per heavy atom. The number of carbonyl (C=O) groups is 2. The molecule has 0 aromatic heterocycles. The normalized spacial score (nSPS) is 25.5. The lowest BCUT2D eigenvalue weighted by Gasteiger charge is -2.28. The second kappa shape index (κ2) is 5.60. The molecule has 2 atom stereocenters. The minimum Gasteiger partial charge on any atom is -0.481 e. The fourth-order valence-electron chi connectivity index (χ4n) is 3.32. The first kappa shape index (κ1) is 13.7. The molecule has 1 aromatic carbocycles. The van der Waals surface area contributed by atoms with E-state index in [1.54, 1.807) is 17.8 Å². The molecule has 1 heterocycles. The number of fused-ring (bicyclic) bond motifs is 2. The van der Waals surface area contributed by atoms with E-state index in [1.165, 1.54) is 6.42 Å². The van der Waals surface area contributed by atoms with E-state index in [2.05, 4.69) is 0 Å². The molecule has 0 saturated heterocycles. The van der Waals surface area contributed by atoms with E-state index in [-0.39, 0.29) is 18.1 Å². The predicted octanol–water partition coefficient (Wildman–Crippen LogP) is 3.41. The molecule has 0 radical (unpaired) electrons. The van der Waals surface area contributed by atoms with Crippen molar-refractivity contribution in [2.24, 2.45) is 11.8 Å². The maximum atomic E-state index is 12.7. The zero-order valence-corrected chi connectivity index (χ0v) is 12.1. The first-order chi connectivity index (χ1) is 9.65. The first-order valence-electron chi connectivity index (χ1n) is 7.17. The SMILES string of the molecule is O=C(O)Cc1ccc2c(c1)SC[C@H]1CCCC[C@@H]1C2=O. The lowest BCUT2D eigenvalue weighted by molar-refractivity contribution is -0.136. The lowest BCUT2D eigenvalue weighted by Crippen LogP contribution is -2.27. The Morgan fingerprint density at radius 2 is 2.10 bits per heavy atom. The summed E-state index contributed by atoms with van der Waals surface area (Å²) in [6.45, 7) is 0. The van der Waals surface area contributed by atoms with Gasteiger partial charge in [0.15, 0.2) is 5.78 Å². The highest BCUT2D eigenvalue weighted by Crippen LogP contribution is 2.41. The molecule has 0 unspecified atom stereocenters. The number of hydrogen-bond donors (Lipinski definition) is 1. The van der Waals surface area contributed by atoms with E-state index in [0.29, 0.717) is 5.92 Å². The van der Waals surface area contributed by atoms with Crippen LogP contribution in [0.4, 0.5) is 0 Å². The molecule has 1 N–H and O–H groups in total. The van der Waals surface area contributed by atoms with Crippen LogP contribution in [0.1, 0.15) is 41.6 Å². The van der Waals surface area contributed by atoms with Crippen LogP contribution in [0.3, 0.4) is 0 Å². The van der Waals surface area contributed by atoms with Crippen molar-refractivity contribution in [3.63, 3.8) is 0 Å². The van der Waals surface area contributed by atoms with Gasteiger partial charge in [-0.3, -0.25) is 9.59 Å². The molecule has 4 heteroatoms. The molecule has 1 fully saturated rings. The number of carbonyl (C=O) groups excluding carboxylic acids is 1. The molecule has 1 aromatic rings. The number of carboxylic acids is 1. The Labute approximate surface area is 122 Å². The molecule has 0 spiro atoms. The summed E-state index contributed by atoms with van der Waals surface area (Å²) in [6, 6.07) is 5.51. The van der Waals surface area contributed by atoms with Crippen molar-refractivity contribution in [3.8, 4) is 0 Å². The second-order valence-corrected chi connectivity index (χ2v) is 6.79. The fourth-order valence-corrected chi connectivity index (χ4v) is 4.67. The molecule has 3 rings (SSSR count). The van der Waals surface area contributed by atoms with Crippen molar-refractivity contribution in [2.45, 2.75) is 37.0 Å². The van der Waals surface area contributed by atoms with E-state index >= 15 is 0 Å². The number of hydrogen-bond acceptors (Lipinski definition) is 3. The van der Waals surface area contributed by atoms with Gasteiger partial charge in [0.05, 0.1) is 6.42 Å². The molecule has 1 aliphatic carbocycles. The van der Waals surface area contributed by atoms with Crippen LogP contribution >= 0.6 is 11.8 Å². The van der Waals surface area contributed by atoms with Crippen LogP contribution in [0.5, 0.6) is 0 Å². The number of carboxylic acid groups (broad SMARTS) is 1. The Kier molecular flexibility index (Phi) is 3.83. The summed E-state index contributed by atoms with van der Waals surface area (Å²) in [6.07, 6.45) is 4.58. The molecule has 0 amide bonds. The average molecular weight is 290 g/mol. The molecule has 106 valence electrons. The third kappa shape index (κ3) is 2.62. The van der Waals surface area contributed by atoms with Crippen LogP contribution in [0.15, 0.2) is 23.1 Å². The van der Waals surface area contributed by atoms with E-state index in [4.69, 9.17) is 5.11 Å². The Bertz CT molecular complexity index is 553. The summed E-state index contributed by atoms with van der Waals surface area (Å²) in [4.78, 5) is 24.5. The van der Waals surface area contributed by atoms with E-state index in [9.17, 15) is 9.59 Å². The number of benzene rings is 1. The number of aliphatic carboxylic acids is 1. The number of thioether (sulfide) groups is 1. The van der Waals surface area contributed by atoms with Crippen molar-refractivity contribution in [3.05, 3.63) is 29.3 Å². The Hall–Kier alpha value is -1.29. The summed E-state index contributed by atoms with van der Waals surface area (Å²) in [5.74, 6) is 1.11. The van der Waals surface area contributed by atoms with Gasteiger partial charge in [-0.25, -0.2) is 0 Å². The van der Waals surface area contributed by atoms with Crippen LogP contribution in [0.2, 0.25) is 0 Å². The molecule has 2 aliphatic rings. The monoisotopic (exact) mass is 290 g/mol. The molecule has 0 bridgehead atoms. The summed E-state index contributed by atoms with van der Waals surface area (Å²) < 4.78 is 0. The molecule has 1 saturated carbocycles. The van der Waals surface area contributed by atoms with Gasteiger partial charge in [0.2, 0.25) is 0 Å². The summed E-state index contributed by atoms with van der Waals surface area (Å²) in [5.41, 5.74) is 1.58. The van der Waals surface area contributed by atoms with Gasteiger partial charge in [0.1, 0.15) is 0 Å². The van der Waals surface area contributed by atoms with Crippen LogP contribution in [0.25, 0.3) is 0 Å². The van der Waals surface area contributed by atoms with Crippen molar-refractivity contribution in [1.82, 2.24) is 0 Å². The van der Waals surface area contributed by atoms with Crippen LogP contribution in [-0.4, -0.2) is 22.6 Å². The summed E-state index contributed by atoms with van der Waals surface area (Å²) >= 11 is 1.73. The summed E-state index contributed by atoms with van der Waals surface area (Å²) in [5, 5.41) is 8.87. The standard InChI is InChI=1S/C16H18O3S/c17-15(18)8-10-5-6-13-14(7-10)20-9-11-3-1-2-4-12(11)16(13)19/h5-7,11-12H,1-4,8-9H2,(H,17,18)/t11-,12+/m1/s1. The van der Waals surface area contributed by atoms with Crippen molar-refractivity contribution < 1.29 is 14.7 Å². The van der Waals surface area contributed by atoms with E-state index < -0.39 is 5.97 Å². The molecule has 1 aliphatic heterocycles. The van der Waals surface area contributed by atoms with Crippen LogP contribution < -0.4 is 0 Å². The number of Topliss-reactive ketones (excluding diaryl/α,β-unsaturated/α-hetero) is 1. The topological polar surface area (TPSA) is 54.4 Å². The van der Waals surface area contributed by atoms with Crippen LogP contribution in [-0.2, 0) is 11.2 Å². The number of rotatable bonds is 2. The fraction of sp³-hybridized carbons (Fsp3) is 0.500. The maximum Gasteiger partial charge on any atom is 0.307 e. The smallest absolute Gasteiger partial charge is 0.307 e. The highest BCUT2D eigenvalue weighted by Gasteiger charge is 2.35. The van der Waals surface area contributed by atoms with Gasteiger partial charge in [0, 0.05) is 22.1 Å². The second-order valence-electron chi connectivity index (χ2n) is 5.73. The van der Waals surface area contributed by atoms with Gasteiger partial charge in [0.25, 0.3) is 0 Å². The predicted molar refractivity (Wildman–Crippen MR) is 78.3 cm³/mol.